The molecule has 1 unspecified atom stereocenters. The van der Waals surface area contributed by atoms with Crippen molar-refractivity contribution >= 4 is 5.91 Å². The number of rotatable bonds is 6. The van der Waals surface area contributed by atoms with Gasteiger partial charge in [0.15, 0.2) is 0 Å². The molecule has 1 aliphatic heterocycles. The summed E-state index contributed by atoms with van der Waals surface area (Å²) in [6, 6.07) is 1.13. The van der Waals surface area contributed by atoms with E-state index >= 15 is 0 Å². The van der Waals surface area contributed by atoms with E-state index in [1.807, 2.05) is 0 Å². The van der Waals surface area contributed by atoms with E-state index in [-0.39, 0.29) is 5.91 Å². The summed E-state index contributed by atoms with van der Waals surface area (Å²) < 4.78 is 0. The quantitative estimate of drug-likeness (QED) is 0.713. The lowest BCUT2D eigenvalue weighted by molar-refractivity contribution is -0.120. The standard InChI is InChI=1S/C13H25N3O/c1-10(2)16-6-5-11(9-16)7-14-8-13(17)15-12-3-4-12/h10-12,14H,3-9H2,1-2H3,(H,15,17). The summed E-state index contributed by atoms with van der Waals surface area (Å²) in [7, 11) is 0. The molecule has 0 aromatic carbocycles. The van der Waals surface area contributed by atoms with Gasteiger partial charge >= 0.3 is 0 Å². The molecule has 4 heteroatoms. The Morgan fingerprint density at radius 3 is 2.71 bits per heavy atom. The molecule has 1 heterocycles. The Balaban J connectivity index is 1.54. The van der Waals surface area contributed by atoms with Gasteiger partial charge in [-0.2, -0.15) is 0 Å². The summed E-state index contributed by atoms with van der Waals surface area (Å²) in [5.41, 5.74) is 0. The van der Waals surface area contributed by atoms with E-state index < -0.39 is 0 Å². The lowest BCUT2D eigenvalue weighted by atomic mass is 10.1. The maximum Gasteiger partial charge on any atom is 0.234 e. The Bertz CT molecular complexity index is 263. The topological polar surface area (TPSA) is 44.4 Å². The van der Waals surface area contributed by atoms with Crippen molar-refractivity contribution in [3.63, 3.8) is 0 Å². The third-order valence-corrected chi connectivity index (χ3v) is 3.71. The number of hydrogen-bond donors (Lipinski definition) is 2. The molecule has 1 amide bonds. The van der Waals surface area contributed by atoms with Gasteiger partial charge in [0.2, 0.25) is 5.91 Å². The van der Waals surface area contributed by atoms with Crippen LogP contribution in [-0.2, 0) is 4.79 Å². The molecule has 2 N–H and O–H groups in total. The second-order valence-corrected chi connectivity index (χ2v) is 5.72. The number of carbonyl (C=O) groups excluding carboxylic acids is 1. The summed E-state index contributed by atoms with van der Waals surface area (Å²) in [4.78, 5) is 14.0. The van der Waals surface area contributed by atoms with Crippen LogP contribution in [0.15, 0.2) is 0 Å². The monoisotopic (exact) mass is 239 g/mol. The van der Waals surface area contributed by atoms with Crippen LogP contribution >= 0.6 is 0 Å². The van der Waals surface area contributed by atoms with Gasteiger partial charge in [-0.25, -0.2) is 0 Å². The van der Waals surface area contributed by atoms with Gasteiger partial charge in [-0.05, 0) is 52.1 Å². The number of nitrogens with one attached hydrogen (secondary N) is 2. The Hall–Kier alpha value is -0.610. The lowest BCUT2D eigenvalue weighted by Crippen LogP contribution is -2.37. The normalized spacial score (nSPS) is 25.5. The van der Waals surface area contributed by atoms with E-state index in [1.54, 1.807) is 0 Å². The molecule has 4 nitrogen and oxygen atoms in total. The van der Waals surface area contributed by atoms with E-state index in [0.29, 0.717) is 24.5 Å². The molecule has 2 fully saturated rings. The van der Waals surface area contributed by atoms with Gasteiger partial charge in [-0.1, -0.05) is 0 Å². The molecular weight excluding hydrogens is 214 g/mol. The van der Waals surface area contributed by atoms with E-state index in [0.717, 1.165) is 19.4 Å². The first kappa shape index (κ1) is 12.8. The Morgan fingerprint density at radius 2 is 2.12 bits per heavy atom. The average Bonchev–Trinajstić information content (AvgIpc) is 2.94. The van der Waals surface area contributed by atoms with E-state index in [9.17, 15) is 4.79 Å². The molecule has 0 bridgehead atoms. The zero-order chi connectivity index (χ0) is 12.3. The summed E-state index contributed by atoms with van der Waals surface area (Å²) in [6.45, 7) is 8.33. The lowest BCUT2D eigenvalue weighted by Gasteiger charge is -2.20. The largest absolute Gasteiger partial charge is 0.352 e. The summed E-state index contributed by atoms with van der Waals surface area (Å²) in [5, 5.41) is 6.28. The van der Waals surface area contributed by atoms with Crippen molar-refractivity contribution in [2.24, 2.45) is 5.92 Å². The highest BCUT2D eigenvalue weighted by Gasteiger charge is 2.25. The van der Waals surface area contributed by atoms with E-state index in [4.69, 9.17) is 0 Å². The van der Waals surface area contributed by atoms with E-state index in [2.05, 4.69) is 29.4 Å². The van der Waals surface area contributed by atoms with Crippen LogP contribution in [0.3, 0.4) is 0 Å². The average molecular weight is 239 g/mol. The molecule has 0 spiro atoms. The smallest absolute Gasteiger partial charge is 0.234 e. The maximum absolute atomic E-state index is 11.5. The van der Waals surface area contributed by atoms with Gasteiger partial charge in [-0.3, -0.25) is 4.79 Å². The molecule has 1 aliphatic carbocycles. The van der Waals surface area contributed by atoms with Crippen molar-refractivity contribution in [1.29, 1.82) is 0 Å². The van der Waals surface area contributed by atoms with Gasteiger partial charge in [-0.15, -0.1) is 0 Å². The molecular formula is C13H25N3O. The molecule has 1 atom stereocenters. The fraction of sp³-hybridized carbons (Fsp3) is 0.923. The second kappa shape index (κ2) is 5.83. The van der Waals surface area contributed by atoms with Crippen molar-refractivity contribution < 1.29 is 4.79 Å². The minimum absolute atomic E-state index is 0.159. The fourth-order valence-electron chi connectivity index (χ4n) is 2.39. The van der Waals surface area contributed by atoms with Gasteiger partial charge < -0.3 is 15.5 Å². The zero-order valence-electron chi connectivity index (χ0n) is 11.0. The number of amides is 1. The predicted molar refractivity (Wildman–Crippen MR) is 68.9 cm³/mol. The van der Waals surface area contributed by atoms with Crippen LogP contribution in [0.2, 0.25) is 0 Å². The molecule has 2 rings (SSSR count). The van der Waals surface area contributed by atoms with Gasteiger partial charge in [0.1, 0.15) is 0 Å². The zero-order valence-corrected chi connectivity index (χ0v) is 11.0. The van der Waals surface area contributed by atoms with Crippen molar-refractivity contribution in [1.82, 2.24) is 15.5 Å². The summed E-state index contributed by atoms with van der Waals surface area (Å²) in [5.74, 6) is 0.873. The van der Waals surface area contributed by atoms with Crippen molar-refractivity contribution in [3.05, 3.63) is 0 Å². The highest BCUT2D eigenvalue weighted by molar-refractivity contribution is 5.78. The van der Waals surface area contributed by atoms with Crippen LogP contribution in [-0.4, -0.2) is 49.1 Å². The molecule has 98 valence electrons. The third-order valence-electron chi connectivity index (χ3n) is 3.71. The predicted octanol–water partition coefficient (Wildman–Crippen LogP) is 0.585. The Labute approximate surface area is 104 Å². The minimum Gasteiger partial charge on any atom is -0.352 e. The van der Waals surface area contributed by atoms with Crippen LogP contribution in [0.25, 0.3) is 0 Å². The number of hydrogen-bond acceptors (Lipinski definition) is 3. The van der Waals surface area contributed by atoms with Crippen molar-refractivity contribution in [3.8, 4) is 0 Å². The van der Waals surface area contributed by atoms with Crippen LogP contribution < -0.4 is 10.6 Å². The van der Waals surface area contributed by atoms with Crippen LogP contribution in [0, 0.1) is 5.92 Å². The van der Waals surface area contributed by atoms with Crippen LogP contribution in [0.5, 0.6) is 0 Å². The number of likely N-dealkylation sites (tertiary alicyclic amines) is 1. The Kier molecular flexibility index (Phi) is 4.40. The molecule has 1 saturated carbocycles. The summed E-state index contributed by atoms with van der Waals surface area (Å²) in [6.07, 6.45) is 3.59. The van der Waals surface area contributed by atoms with Crippen LogP contribution in [0.1, 0.15) is 33.1 Å². The van der Waals surface area contributed by atoms with Crippen molar-refractivity contribution in [2.75, 3.05) is 26.2 Å². The highest BCUT2D eigenvalue weighted by atomic mass is 16.2. The first-order valence-corrected chi connectivity index (χ1v) is 6.89. The van der Waals surface area contributed by atoms with Gasteiger partial charge in [0.05, 0.1) is 6.54 Å². The highest BCUT2D eigenvalue weighted by Crippen LogP contribution is 2.18. The summed E-state index contributed by atoms with van der Waals surface area (Å²) >= 11 is 0. The molecule has 17 heavy (non-hydrogen) atoms. The maximum atomic E-state index is 11.5. The van der Waals surface area contributed by atoms with Gasteiger partial charge in [0, 0.05) is 18.6 Å². The first-order valence-electron chi connectivity index (χ1n) is 6.89. The molecule has 0 radical (unpaired) electrons. The SMILES string of the molecule is CC(C)N1CCC(CNCC(=O)NC2CC2)C1. The van der Waals surface area contributed by atoms with E-state index in [1.165, 1.54) is 19.5 Å². The third kappa shape index (κ3) is 4.28. The fourth-order valence-corrected chi connectivity index (χ4v) is 2.39. The van der Waals surface area contributed by atoms with Gasteiger partial charge in [0.25, 0.3) is 0 Å². The second-order valence-electron chi connectivity index (χ2n) is 5.72. The molecule has 2 aliphatic rings. The van der Waals surface area contributed by atoms with Crippen LogP contribution in [0.4, 0.5) is 0 Å². The molecule has 1 saturated heterocycles. The molecule has 0 aromatic rings. The first-order chi connectivity index (χ1) is 8.15. The van der Waals surface area contributed by atoms with Crippen molar-refractivity contribution in [2.45, 2.75) is 45.2 Å². The number of nitrogens with zero attached hydrogens (tertiary/aromatic N) is 1. The molecule has 0 aromatic heterocycles. The Morgan fingerprint density at radius 1 is 1.35 bits per heavy atom. The number of carbonyl (C=O) groups is 1. The minimum atomic E-state index is 0.159.